The quantitative estimate of drug-likeness (QED) is 0.652. The summed E-state index contributed by atoms with van der Waals surface area (Å²) in [7, 11) is 0. The van der Waals surface area contributed by atoms with Crippen molar-refractivity contribution in [2.45, 2.75) is 33.2 Å². The second-order valence-corrected chi connectivity index (χ2v) is 6.37. The molecule has 1 saturated heterocycles. The summed E-state index contributed by atoms with van der Waals surface area (Å²) in [6.07, 6.45) is 1.51. The summed E-state index contributed by atoms with van der Waals surface area (Å²) in [5, 5.41) is 8.19. The summed E-state index contributed by atoms with van der Waals surface area (Å²) < 4.78 is 0. The average molecular weight is 346 g/mol. The average Bonchev–Trinajstić information content (AvgIpc) is 3.03. The first kappa shape index (κ1) is 18.8. The highest BCUT2D eigenvalue weighted by molar-refractivity contribution is 5.95. The van der Waals surface area contributed by atoms with Crippen molar-refractivity contribution in [1.29, 1.82) is 0 Å². The first-order valence-corrected chi connectivity index (χ1v) is 8.66. The van der Waals surface area contributed by atoms with Gasteiger partial charge in [0.2, 0.25) is 11.8 Å². The van der Waals surface area contributed by atoms with Crippen LogP contribution in [0.2, 0.25) is 0 Å². The third-order valence-corrected chi connectivity index (χ3v) is 4.01. The zero-order valence-electron chi connectivity index (χ0n) is 14.8. The molecule has 0 radical (unpaired) electrons. The van der Waals surface area contributed by atoms with E-state index in [1.165, 1.54) is 0 Å². The van der Waals surface area contributed by atoms with Crippen LogP contribution in [0.3, 0.4) is 0 Å². The number of nitrogens with one attached hydrogen (secondary N) is 3. The van der Waals surface area contributed by atoms with Crippen molar-refractivity contribution in [2.75, 3.05) is 24.5 Å². The van der Waals surface area contributed by atoms with E-state index in [0.29, 0.717) is 26.1 Å². The van der Waals surface area contributed by atoms with E-state index in [2.05, 4.69) is 16.0 Å². The van der Waals surface area contributed by atoms with Gasteiger partial charge in [-0.1, -0.05) is 26.0 Å². The summed E-state index contributed by atoms with van der Waals surface area (Å²) in [5.41, 5.74) is 1.86. The van der Waals surface area contributed by atoms with Gasteiger partial charge in [-0.05, 0) is 24.1 Å². The molecule has 0 spiro atoms. The molecule has 136 valence electrons. The van der Waals surface area contributed by atoms with Crippen molar-refractivity contribution in [2.24, 2.45) is 5.92 Å². The van der Waals surface area contributed by atoms with Crippen LogP contribution >= 0.6 is 0 Å². The number of amides is 4. The van der Waals surface area contributed by atoms with Gasteiger partial charge in [-0.15, -0.1) is 0 Å². The molecule has 1 aliphatic heterocycles. The second-order valence-electron chi connectivity index (χ2n) is 6.37. The smallest absolute Gasteiger partial charge is 0.315 e. The lowest BCUT2D eigenvalue weighted by Gasteiger charge is -2.16. The fourth-order valence-electron chi connectivity index (χ4n) is 2.53. The van der Waals surface area contributed by atoms with Crippen LogP contribution in [0.4, 0.5) is 10.5 Å². The van der Waals surface area contributed by atoms with Crippen molar-refractivity contribution < 1.29 is 14.4 Å². The maximum Gasteiger partial charge on any atom is 0.315 e. The van der Waals surface area contributed by atoms with Gasteiger partial charge in [0.25, 0.3) is 0 Å². The highest BCUT2D eigenvalue weighted by Crippen LogP contribution is 2.21. The van der Waals surface area contributed by atoms with Crippen molar-refractivity contribution in [3.8, 4) is 0 Å². The van der Waals surface area contributed by atoms with Crippen LogP contribution in [0, 0.1) is 5.92 Å². The zero-order valence-corrected chi connectivity index (χ0v) is 14.8. The molecule has 3 N–H and O–H groups in total. The fourth-order valence-corrected chi connectivity index (χ4v) is 2.53. The normalized spacial score (nSPS) is 13.9. The molecule has 1 aromatic rings. The van der Waals surface area contributed by atoms with Gasteiger partial charge in [0, 0.05) is 44.2 Å². The van der Waals surface area contributed by atoms with Gasteiger partial charge in [0.05, 0.1) is 0 Å². The topological polar surface area (TPSA) is 90.5 Å². The number of nitrogens with zero attached hydrogens (tertiary/aromatic N) is 1. The largest absolute Gasteiger partial charge is 0.354 e. The minimum atomic E-state index is -0.280. The van der Waals surface area contributed by atoms with E-state index in [-0.39, 0.29) is 23.8 Å². The van der Waals surface area contributed by atoms with Gasteiger partial charge in [-0.2, -0.15) is 0 Å². The van der Waals surface area contributed by atoms with Gasteiger partial charge in [-0.25, -0.2) is 4.79 Å². The van der Waals surface area contributed by atoms with Gasteiger partial charge in [-0.3, -0.25) is 9.59 Å². The van der Waals surface area contributed by atoms with Crippen LogP contribution in [-0.2, 0) is 16.1 Å². The van der Waals surface area contributed by atoms with Crippen LogP contribution in [0.1, 0.15) is 32.3 Å². The molecule has 0 bridgehead atoms. The number of benzene rings is 1. The van der Waals surface area contributed by atoms with Crippen LogP contribution in [0.25, 0.3) is 0 Å². The number of carbonyl (C=O) groups excluding carboxylic acids is 3. The molecule has 0 aromatic heterocycles. The number of anilines is 1. The monoisotopic (exact) mass is 346 g/mol. The van der Waals surface area contributed by atoms with E-state index < -0.39 is 0 Å². The van der Waals surface area contributed by atoms with Crippen LogP contribution in [0.5, 0.6) is 0 Å². The Labute approximate surface area is 148 Å². The first-order chi connectivity index (χ1) is 12.0. The molecule has 1 fully saturated rings. The molecule has 0 unspecified atom stereocenters. The molecule has 1 heterocycles. The van der Waals surface area contributed by atoms with Crippen molar-refractivity contribution in [3.05, 3.63) is 29.8 Å². The van der Waals surface area contributed by atoms with Gasteiger partial charge in [0.15, 0.2) is 0 Å². The van der Waals surface area contributed by atoms with Gasteiger partial charge in [0.1, 0.15) is 0 Å². The lowest BCUT2D eigenvalue weighted by atomic mass is 10.2. The number of rotatable bonds is 7. The highest BCUT2D eigenvalue weighted by atomic mass is 16.2. The molecule has 0 saturated carbocycles. The summed E-state index contributed by atoms with van der Waals surface area (Å²) in [6, 6.07) is 7.34. The predicted octanol–water partition coefficient (Wildman–Crippen LogP) is 1.38. The Kier molecular flexibility index (Phi) is 6.80. The van der Waals surface area contributed by atoms with E-state index in [1.807, 2.05) is 38.1 Å². The third-order valence-electron chi connectivity index (χ3n) is 4.01. The molecular formula is C18H26N4O3. The summed E-state index contributed by atoms with van der Waals surface area (Å²) in [4.78, 5) is 36.6. The molecule has 0 atom stereocenters. The molecule has 0 aliphatic carbocycles. The Morgan fingerprint density at radius 3 is 2.36 bits per heavy atom. The summed E-state index contributed by atoms with van der Waals surface area (Å²) in [6.45, 7) is 5.59. The Hall–Kier alpha value is -2.57. The Morgan fingerprint density at radius 2 is 1.76 bits per heavy atom. The molecule has 4 amide bonds. The molecular weight excluding hydrogens is 320 g/mol. The number of carbonyl (C=O) groups is 3. The lowest BCUT2D eigenvalue weighted by Crippen LogP contribution is -2.40. The standard InChI is InChI=1S/C18H26N4O3/c1-13(2)17(24)19-9-10-20-18(25)21-12-14-5-7-15(8-6-14)22-11-3-4-16(22)23/h5-8,13H,3-4,9-12H2,1-2H3,(H,19,24)(H2,20,21,25). The van der Waals surface area contributed by atoms with E-state index in [4.69, 9.17) is 0 Å². The molecule has 2 rings (SSSR count). The molecule has 7 heteroatoms. The predicted molar refractivity (Wildman–Crippen MR) is 96.1 cm³/mol. The van der Waals surface area contributed by atoms with Crippen LogP contribution in [0.15, 0.2) is 24.3 Å². The van der Waals surface area contributed by atoms with E-state index in [9.17, 15) is 14.4 Å². The number of hydrogen-bond acceptors (Lipinski definition) is 3. The van der Waals surface area contributed by atoms with E-state index >= 15 is 0 Å². The van der Waals surface area contributed by atoms with Crippen molar-refractivity contribution in [1.82, 2.24) is 16.0 Å². The van der Waals surface area contributed by atoms with Crippen LogP contribution < -0.4 is 20.9 Å². The van der Waals surface area contributed by atoms with Crippen molar-refractivity contribution in [3.63, 3.8) is 0 Å². The van der Waals surface area contributed by atoms with Gasteiger partial charge >= 0.3 is 6.03 Å². The SMILES string of the molecule is CC(C)C(=O)NCCNC(=O)NCc1ccc(N2CCCC2=O)cc1. The number of hydrogen-bond donors (Lipinski definition) is 3. The van der Waals surface area contributed by atoms with Gasteiger partial charge < -0.3 is 20.9 Å². The Bertz CT molecular complexity index is 613. The lowest BCUT2D eigenvalue weighted by molar-refractivity contribution is -0.124. The first-order valence-electron chi connectivity index (χ1n) is 8.66. The van der Waals surface area contributed by atoms with Crippen molar-refractivity contribution >= 4 is 23.5 Å². The molecule has 7 nitrogen and oxygen atoms in total. The molecule has 1 aliphatic rings. The Morgan fingerprint density at radius 1 is 1.08 bits per heavy atom. The fraction of sp³-hybridized carbons (Fsp3) is 0.500. The Balaban J connectivity index is 1.67. The summed E-state index contributed by atoms with van der Waals surface area (Å²) in [5.74, 6) is 0.0706. The molecule has 25 heavy (non-hydrogen) atoms. The maximum atomic E-state index is 11.7. The van der Waals surface area contributed by atoms with E-state index in [0.717, 1.165) is 24.2 Å². The zero-order chi connectivity index (χ0) is 18.2. The molecule has 1 aromatic carbocycles. The highest BCUT2D eigenvalue weighted by Gasteiger charge is 2.21. The third kappa shape index (κ3) is 5.77. The van der Waals surface area contributed by atoms with E-state index in [1.54, 1.807) is 4.90 Å². The maximum absolute atomic E-state index is 11.7. The summed E-state index contributed by atoms with van der Waals surface area (Å²) >= 11 is 0. The minimum absolute atomic E-state index is 0.0289. The second kappa shape index (κ2) is 9.05. The van der Waals surface area contributed by atoms with Crippen LogP contribution in [-0.4, -0.2) is 37.5 Å². The minimum Gasteiger partial charge on any atom is -0.354 e. The number of urea groups is 1.